The van der Waals surface area contributed by atoms with Crippen molar-refractivity contribution < 1.29 is 4.74 Å². The zero-order chi connectivity index (χ0) is 12.3. The van der Waals surface area contributed by atoms with Crippen molar-refractivity contribution in [3.05, 3.63) is 46.9 Å². The summed E-state index contributed by atoms with van der Waals surface area (Å²) in [7, 11) is 0. The van der Waals surface area contributed by atoms with Crippen LogP contribution in [0.5, 0.6) is 11.6 Å². The second-order valence-electron chi connectivity index (χ2n) is 3.37. The molecule has 4 nitrogen and oxygen atoms in total. The van der Waals surface area contributed by atoms with Gasteiger partial charge in [0, 0.05) is 11.8 Å². The Bertz CT molecular complexity index is 575. The molecule has 0 aliphatic heterocycles. The average Bonchev–Trinajstić information content (AvgIpc) is 2.35. The van der Waals surface area contributed by atoms with Gasteiger partial charge in [-0.05, 0) is 42.8 Å². The number of halogens is 1. The van der Waals surface area contributed by atoms with E-state index in [0.717, 1.165) is 5.56 Å². The van der Waals surface area contributed by atoms with Gasteiger partial charge in [-0.3, -0.25) is 0 Å². The maximum atomic E-state index is 8.67. The highest BCUT2D eigenvalue weighted by molar-refractivity contribution is 6.28. The van der Waals surface area contributed by atoms with Gasteiger partial charge in [-0.15, -0.1) is 0 Å². The molecule has 0 radical (unpaired) electrons. The third-order valence-corrected chi connectivity index (χ3v) is 2.28. The number of nitriles is 1. The van der Waals surface area contributed by atoms with E-state index in [1.54, 1.807) is 30.5 Å². The van der Waals surface area contributed by atoms with Crippen molar-refractivity contribution in [1.29, 1.82) is 5.26 Å². The Morgan fingerprint density at radius 2 is 2.00 bits per heavy atom. The number of nitrogens with zero attached hydrogens (tertiary/aromatic N) is 3. The molecule has 1 aromatic heterocycles. The van der Waals surface area contributed by atoms with Crippen molar-refractivity contribution in [3.8, 4) is 17.7 Å². The first-order valence-electron chi connectivity index (χ1n) is 4.86. The highest BCUT2D eigenvalue weighted by atomic mass is 35.5. The summed E-state index contributed by atoms with van der Waals surface area (Å²) in [5.41, 5.74) is 1.37. The highest BCUT2D eigenvalue weighted by Crippen LogP contribution is 2.23. The van der Waals surface area contributed by atoms with Crippen molar-refractivity contribution in [2.24, 2.45) is 0 Å². The molecule has 0 aliphatic rings. The van der Waals surface area contributed by atoms with E-state index in [1.165, 1.54) is 0 Å². The summed E-state index contributed by atoms with van der Waals surface area (Å²) < 4.78 is 5.54. The molecule has 0 bridgehead atoms. The lowest BCUT2D eigenvalue weighted by Gasteiger charge is -2.06. The third-order valence-electron chi connectivity index (χ3n) is 2.09. The van der Waals surface area contributed by atoms with Gasteiger partial charge in [-0.2, -0.15) is 10.2 Å². The Morgan fingerprint density at radius 1 is 1.29 bits per heavy atom. The minimum Gasteiger partial charge on any atom is -0.439 e. The summed E-state index contributed by atoms with van der Waals surface area (Å²) >= 11 is 5.69. The van der Waals surface area contributed by atoms with Gasteiger partial charge >= 0.3 is 0 Å². The zero-order valence-corrected chi connectivity index (χ0v) is 9.77. The van der Waals surface area contributed by atoms with Crippen molar-refractivity contribution in [2.45, 2.75) is 6.92 Å². The number of ether oxygens (including phenoxy) is 1. The molecule has 84 valence electrons. The van der Waals surface area contributed by atoms with E-state index in [2.05, 4.69) is 9.97 Å². The summed E-state index contributed by atoms with van der Waals surface area (Å²) in [6, 6.07) is 8.79. The lowest BCUT2D eigenvalue weighted by molar-refractivity contribution is 0.457. The van der Waals surface area contributed by atoms with Crippen molar-refractivity contribution >= 4 is 11.6 Å². The number of hydrogen-bond donors (Lipinski definition) is 0. The van der Waals surface area contributed by atoms with Crippen LogP contribution in [0.25, 0.3) is 0 Å². The Morgan fingerprint density at radius 3 is 2.65 bits per heavy atom. The van der Waals surface area contributed by atoms with E-state index in [4.69, 9.17) is 21.6 Å². The van der Waals surface area contributed by atoms with Gasteiger partial charge in [0.05, 0.1) is 11.6 Å². The van der Waals surface area contributed by atoms with Crippen LogP contribution >= 0.6 is 11.6 Å². The van der Waals surface area contributed by atoms with Gasteiger partial charge in [0.25, 0.3) is 0 Å². The minimum atomic E-state index is 0.138. The Labute approximate surface area is 103 Å². The van der Waals surface area contributed by atoms with Crippen LogP contribution in [0.2, 0.25) is 5.28 Å². The Kier molecular flexibility index (Phi) is 3.22. The van der Waals surface area contributed by atoms with Gasteiger partial charge in [0.1, 0.15) is 5.75 Å². The second-order valence-corrected chi connectivity index (χ2v) is 3.70. The van der Waals surface area contributed by atoms with Crippen molar-refractivity contribution in [2.75, 3.05) is 0 Å². The number of aromatic nitrogens is 2. The minimum absolute atomic E-state index is 0.138. The standard InChI is InChI=1S/C12H8ClN3O/c1-8-7-15-12(13)16-11(8)17-10-4-2-9(6-14)3-5-10/h2-5,7H,1H3. The molecule has 5 heteroatoms. The molecule has 0 saturated carbocycles. The Hall–Kier alpha value is -2.12. The fourth-order valence-corrected chi connectivity index (χ4v) is 1.34. The van der Waals surface area contributed by atoms with Crippen LogP contribution in [-0.4, -0.2) is 9.97 Å². The third kappa shape index (κ3) is 2.71. The van der Waals surface area contributed by atoms with Crippen LogP contribution < -0.4 is 4.74 Å². The molecule has 0 unspecified atom stereocenters. The maximum absolute atomic E-state index is 8.67. The molecule has 2 aromatic rings. The van der Waals surface area contributed by atoms with Gasteiger partial charge < -0.3 is 4.74 Å². The lowest BCUT2D eigenvalue weighted by atomic mass is 10.2. The summed E-state index contributed by atoms with van der Waals surface area (Å²) in [5, 5.41) is 8.81. The molecule has 0 N–H and O–H groups in total. The second kappa shape index (κ2) is 4.81. The van der Waals surface area contributed by atoms with Gasteiger partial charge in [-0.1, -0.05) is 0 Å². The summed E-state index contributed by atoms with van der Waals surface area (Å²) in [6.45, 7) is 1.83. The molecule has 0 spiro atoms. The largest absolute Gasteiger partial charge is 0.439 e. The summed E-state index contributed by atoms with van der Waals surface area (Å²) in [5.74, 6) is 1.01. The van der Waals surface area contributed by atoms with Gasteiger partial charge in [0.15, 0.2) is 0 Å². The zero-order valence-electron chi connectivity index (χ0n) is 9.01. The SMILES string of the molecule is Cc1cnc(Cl)nc1Oc1ccc(C#N)cc1. The molecule has 0 saturated heterocycles. The molecule has 0 atom stereocenters. The first kappa shape index (κ1) is 11.4. The highest BCUT2D eigenvalue weighted by Gasteiger charge is 2.05. The average molecular weight is 246 g/mol. The fraction of sp³-hybridized carbons (Fsp3) is 0.0833. The van der Waals surface area contributed by atoms with E-state index < -0.39 is 0 Å². The number of rotatable bonds is 2. The molecule has 0 amide bonds. The van der Waals surface area contributed by atoms with E-state index >= 15 is 0 Å². The quantitative estimate of drug-likeness (QED) is 0.763. The molecular formula is C12H8ClN3O. The molecule has 0 fully saturated rings. The topological polar surface area (TPSA) is 58.8 Å². The molecule has 1 aromatic carbocycles. The van der Waals surface area contributed by atoms with Gasteiger partial charge in [0.2, 0.25) is 11.2 Å². The monoisotopic (exact) mass is 245 g/mol. The predicted octanol–water partition coefficient (Wildman–Crippen LogP) is 3.10. The maximum Gasteiger partial charge on any atom is 0.226 e. The first-order valence-corrected chi connectivity index (χ1v) is 5.24. The smallest absolute Gasteiger partial charge is 0.226 e. The fourth-order valence-electron chi connectivity index (χ4n) is 1.22. The van der Waals surface area contributed by atoms with Crippen LogP contribution in [0.15, 0.2) is 30.5 Å². The normalized spacial score (nSPS) is 9.71. The van der Waals surface area contributed by atoms with Gasteiger partial charge in [-0.25, -0.2) is 4.98 Å². The van der Waals surface area contributed by atoms with E-state index in [-0.39, 0.29) is 5.28 Å². The first-order chi connectivity index (χ1) is 8.19. The molecule has 0 aliphatic carbocycles. The van der Waals surface area contributed by atoms with Crippen LogP contribution in [0.3, 0.4) is 0 Å². The van der Waals surface area contributed by atoms with Crippen molar-refractivity contribution in [1.82, 2.24) is 9.97 Å². The number of hydrogen-bond acceptors (Lipinski definition) is 4. The lowest BCUT2D eigenvalue weighted by Crippen LogP contribution is -1.93. The molecule has 1 heterocycles. The molecule has 17 heavy (non-hydrogen) atoms. The van der Waals surface area contributed by atoms with Crippen LogP contribution in [0.1, 0.15) is 11.1 Å². The summed E-state index contributed by atoms with van der Waals surface area (Å²) in [4.78, 5) is 7.82. The van der Waals surface area contributed by atoms with Crippen LogP contribution in [-0.2, 0) is 0 Å². The number of aryl methyl sites for hydroxylation is 1. The van der Waals surface area contributed by atoms with E-state index in [9.17, 15) is 0 Å². The number of benzene rings is 1. The summed E-state index contributed by atoms with van der Waals surface area (Å²) in [6.07, 6.45) is 1.59. The van der Waals surface area contributed by atoms with E-state index in [1.807, 2.05) is 13.0 Å². The molecule has 2 rings (SSSR count). The predicted molar refractivity (Wildman–Crippen MR) is 63.0 cm³/mol. The van der Waals surface area contributed by atoms with Crippen LogP contribution in [0, 0.1) is 18.3 Å². The van der Waals surface area contributed by atoms with Crippen LogP contribution in [0.4, 0.5) is 0 Å². The molecular weight excluding hydrogens is 238 g/mol. The van der Waals surface area contributed by atoms with Crippen molar-refractivity contribution in [3.63, 3.8) is 0 Å². The Balaban J connectivity index is 2.25. The van der Waals surface area contributed by atoms with E-state index in [0.29, 0.717) is 17.2 Å².